The van der Waals surface area contributed by atoms with Crippen molar-refractivity contribution in [3.05, 3.63) is 107 Å². The van der Waals surface area contributed by atoms with E-state index in [-0.39, 0.29) is 0 Å². The Morgan fingerprint density at radius 2 is 1.31 bits per heavy atom. The zero-order chi connectivity index (χ0) is 22.0. The maximum absolute atomic E-state index is 2.49. The van der Waals surface area contributed by atoms with Crippen molar-refractivity contribution in [2.45, 2.75) is 27.2 Å². The molecule has 0 radical (unpaired) electrons. The summed E-state index contributed by atoms with van der Waals surface area (Å²) >= 11 is 0. The van der Waals surface area contributed by atoms with Gasteiger partial charge >= 0.3 is 0 Å². The second-order valence-electron chi connectivity index (χ2n) is 9.11. The molecule has 0 N–H and O–H groups in total. The number of rotatable bonds is 2. The molecule has 0 bridgehead atoms. The maximum atomic E-state index is 2.49. The normalized spacial score (nSPS) is 12.2. The molecule has 1 aromatic heterocycles. The van der Waals surface area contributed by atoms with E-state index in [2.05, 4.69) is 116 Å². The minimum atomic E-state index is 1.01. The molecule has 0 atom stereocenters. The van der Waals surface area contributed by atoms with Crippen LogP contribution in [-0.4, -0.2) is 4.57 Å². The first-order valence-electron chi connectivity index (χ1n) is 11.3. The molecule has 0 fully saturated rings. The van der Waals surface area contributed by atoms with Gasteiger partial charge in [-0.15, -0.1) is 0 Å². The Hall–Kier alpha value is -3.65. The number of hydrogen-bond donors (Lipinski definition) is 0. The molecule has 0 spiro atoms. The van der Waals surface area contributed by atoms with Crippen molar-refractivity contribution in [3.8, 4) is 28.2 Å². The number of aromatic nitrogens is 2. The summed E-state index contributed by atoms with van der Waals surface area (Å²) in [6.45, 7) is 6.65. The number of aryl methyl sites for hydroxylation is 4. The minimum Gasteiger partial charge on any atom is -0.225 e. The van der Waals surface area contributed by atoms with Gasteiger partial charge in [-0.2, -0.15) is 4.57 Å². The molecule has 0 unspecified atom stereocenters. The van der Waals surface area contributed by atoms with Crippen molar-refractivity contribution >= 4 is 11.0 Å². The van der Waals surface area contributed by atoms with Crippen LogP contribution >= 0.6 is 0 Å². The summed E-state index contributed by atoms with van der Waals surface area (Å²) in [5, 5.41) is 0. The Morgan fingerprint density at radius 3 is 2.06 bits per heavy atom. The molecular formula is C30H27N2+. The quantitative estimate of drug-likeness (QED) is 0.281. The van der Waals surface area contributed by atoms with Crippen molar-refractivity contribution in [1.82, 2.24) is 4.57 Å². The van der Waals surface area contributed by atoms with E-state index in [1.54, 1.807) is 0 Å². The molecule has 0 saturated heterocycles. The average Bonchev–Trinajstić information content (AvgIpc) is 3.28. The molecule has 4 aromatic carbocycles. The van der Waals surface area contributed by atoms with E-state index in [0.29, 0.717) is 0 Å². The SMILES string of the molecule is Cc1ccccc1-c1n(-c2c(C)cccc2C)c2cc3c(cc2[n+]1C)Cc1ccccc1-3. The fourth-order valence-corrected chi connectivity index (χ4v) is 5.50. The largest absolute Gasteiger partial charge is 0.295 e. The first-order chi connectivity index (χ1) is 15.5. The van der Waals surface area contributed by atoms with Gasteiger partial charge < -0.3 is 0 Å². The summed E-state index contributed by atoms with van der Waals surface area (Å²) < 4.78 is 4.87. The lowest BCUT2D eigenvalue weighted by atomic mass is 10.0. The number of hydrogen-bond acceptors (Lipinski definition) is 0. The summed E-state index contributed by atoms with van der Waals surface area (Å²) in [7, 11) is 2.21. The molecule has 0 amide bonds. The molecule has 32 heavy (non-hydrogen) atoms. The fraction of sp³-hybridized carbons (Fsp3) is 0.167. The molecule has 2 nitrogen and oxygen atoms in total. The van der Waals surface area contributed by atoms with Crippen molar-refractivity contribution in [2.75, 3.05) is 0 Å². The van der Waals surface area contributed by atoms with E-state index in [9.17, 15) is 0 Å². The van der Waals surface area contributed by atoms with Crippen LogP contribution in [0.1, 0.15) is 27.8 Å². The molecule has 1 heterocycles. The van der Waals surface area contributed by atoms with Gasteiger partial charge in [-0.05, 0) is 84.3 Å². The van der Waals surface area contributed by atoms with Crippen LogP contribution < -0.4 is 4.57 Å². The van der Waals surface area contributed by atoms with Gasteiger partial charge in [0, 0.05) is 0 Å². The average molecular weight is 416 g/mol. The fourth-order valence-electron chi connectivity index (χ4n) is 5.50. The van der Waals surface area contributed by atoms with Crippen LogP contribution in [0.4, 0.5) is 0 Å². The predicted octanol–water partition coefficient (Wildman–Crippen LogP) is 6.62. The minimum absolute atomic E-state index is 1.01. The zero-order valence-corrected chi connectivity index (χ0v) is 19.1. The first kappa shape index (κ1) is 19.1. The van der Waals surface area contributed by atoms with Gasteiger partial charge in [-0.1, -0.05) is 60.7 Å². The third-order valence-electron chi connectivity index (χ3n) is 7.07. The summed E-state index contributed by atoms with van der Waals surface area (Å²) in [6.07, 6.45) is 1.01. The van der Waals surface area contributed by atoms with E-state index in [1.165, 1.54) is 67.1 Å². The molecule has 0 saturated carbocycles. The molecule has 1 aliphatic carbocycles. The van der Waals surface area contributed by atoms with Crippen molar-refractivity contribution in [1.29, 1.82) is 0 Å². The highest BCUT2D eigenvalue weighted by Crippen LogP contribution is 2.40. The van der Waals surface area contributed by atoms with Crippen molar-refractivity contribution in [3.63, 3.8) is 0 Å². The Kier molecular flexibility index (Phi) is 4.13. The third kappa shape index (κ3) is 2.62. The topological polar surface area (TPSA) is 8.81 Å². The molecule has 5 aromatic rings. The number of imidazole rings is 1. The predicted molar refractivity (Wildman–Crippen MR) is 132 cm³/mol. The van der Waals surface area contributed by atoms with Crippen LogP contribution in [-0.2, 0) is 13.5 Å². The summed E-state index contributed by atoms with van der Waals surface area (Å²) in [5.41, 5.74) is 14.6. The number of para-hydroxylation sites is 1. The Balaban J connectivity index is 1.78. The van der Waals surface area contributed by atoms with E-state index in [1.807, 2.05) is 0 Å². The van der Waals surface area contributed by atoms with Crippen molar-refractivity contribution < 1.29 is 4.57 Å². The number of fused-ring (bicyclic) bond motifs is 4. The van der Waals surface area contributed by atoms with Gasteiger partial charge in [0.2, 0.25) is 0 Å². The van der Waals surface area contributed by atoms with Crippen molar-refractivity contribution in [2.24, 2.45) is 7.05 Å². The summed E-state index contributed by atoms with van der Waals surface area (Å²) in [5.74, 6) is 1.23. The van der Waals surface area contributed by atoms with E-state index in [0.717, 1.165) is 6.42 Å². The van der Waals surface area contributed by atoms with Gasteiger partial charge in [0.1, 0.15) is 5.69 Å². The van der Waals surface area contributed by atoms with Gasteiger partial charge in [-0.25, -0.2) is 4.57 Å². The van der Waals surface area contributed by atoms with Crippen LogP contribution in [0.25, 0.3) is 39.2 Å². The Bertz CT molecular complexity index is 1510. The third-order valence-corrected chi connectivity index (χ3v) is 7.07. The molecule has 1 aliphatic rings. The highest BCUT2D eigenvalue weighted by molar-refractivity contribution is 5.89. The summed E-state index contributed by atoms with van der Waals surface area (Å²) in [6, 6.07) is 29.0. The smallest absolute Gasteiger partial charge is 0.225 e. The van der Waals surface area contributed by atoms with Crippen LogP contribution in [0.3, 0.4) is 0 Å². The van der Waals surface area contributed by atoms with Crippen LogP contribution in [0, 0.1) is 20.8 Å². The Labute approximate surface area is 189 Å². The standard InChI is InChI=1S/C30H27N2/c1-19-10-5-7-14-24(19)30-31(4)27-17-23-16-22-13-6-8-15-25(22)26(23)18-28(27)32(30)29-20(2)11-9-12-21(29)3/h5-15,17-18H,16H2,1-4H3/q+1. The molecule has 6 rings (SSSR count). The molecule has 156 valence electrons. The molecule has 2 heteroatoms. The monoisotopic (exact) mass is 415 g/mol. The van der Waals surface area contributed by atoms with Gasteiger partial charge in [0.05, 0.1) is 12.6 Å². The van der Waals surface area contributed by atoms with E-state index < -0.39 is 0 Å². The second kappa shape index (κ2) is 6.93. The maximum Gasteiger partial charge on any atom is 0.295 e. The summed E-state index contributed by atoms with van der Waals surface area (Å²) in [4.78, 5) is 0. The second-order valence-corrected chi connectivity index (χ2v) is 9.11. The Morgan fingerprint density at radius 1 is 0.656 bits per heavy atom. The highest BCUT2D eigenvalue weighted by Gasteiger charge is 2.31. The van der Waals surface area contributed by atoms with E-state index >= 15 is 0 Å². The zero-order valence-electron chi connectivity index (χ0n) is 19.1. The van der Waals surface area contributed by atoms with Crippen LogP contribution in [0.5, 0.6) is 0 Å². The lowest BCUT2D eigenvalue weighted by Crippen LogP contribution is -2.30. The van der Waals surface area contributed by atoms with Gasteiger partial charge in [0.15, 0.2) is 11.0 Å². The molecular weight excluding hydrogens is 388 g/mol. The van der Waals surface area contributed by atoms with Crippen LogP contribution in [0.2, 0.25) is 0 Å². The number of benzene rings is 4. The molecule has 0 aliphatic heterocycles. The lowest BCUT2D eigenvalue weighted by molar-refractivity contribution is -0.633. The highest BCUT2D eigenvalue weighted by atomic mass is 15.2. The lowest BCUT2D eigenvalue weighted by Gasteiger charge is -2.11. The van der Waals surface area contributed by atoms with Crippen LogP contribution in [0.15, 0.2) is 78.9 Å². The van der Waals surface area contributed by atoms with Gasteiger partial charge in [-0.3, -0.25) is 0 Å². The number of nitrogens with zero attached hydrogens (tertiary/aromatic N) is 2. The first-order valence-corrected chi connectivity index (χ1v) is 11.3. The van der Waals surface area contributed by atoms with Gasteiger partial charge in [0.25, 0.3) is 5.82 Å². The van der Waals surface area contributed by atoms with E-state index in [4.69, 9.17) is 0 Å².